The molecule has 0 aromatic heterocycles. The molecule has 0 heterocycles. The Bertz CT molecular complexity index is 757. The zero-order chi connectivity index (χ0) is 19.9. The maximum Gasteiger partial charge on any atom is 0.315 e. The number of benzene rings is 2. The molecule has 2 aromatic carbocycles. The van der Waals surface area contributed by atoms with Gasteiger partial charge in [-0.3, -0.25) is 0 Å². The van der Waals surface area contributed by atoms with E-state index in [0.717, 1.165) is 16.9 Å². The third-order valence-electron chi connectivity index (χ3n) is 4.46. The van der Waals surface area contributed by atoms with E-state index in [-0.39, 0.29) is 11.4 Å². The van der Waals surface area contributed by atoms with Crippen LogP contribution in [0.3, 0.4) is 0 Å². The lowest BCUT2D eigenvalue weighted by Crippen LogP contribution is -2.42. The monoisotopic (exact) mass is 372 g/mol. The summed E-state index contributed by atoms with van der Waals surface area (Å²) in [5, 5.41) is 5.80. The van der Waals surface area contributed by atoms with Crippen LogP contribution in [-0.2, 0) is 12.0 Å². The molecule has 0 spiro atoms. The topological polar surface area (TPSA) is 68.8 Å². The van der Waals surface area contributed by atoms with Crippen LogP contribution in [0, 0.1) is 0 Å². The normalized spacial score (nSPS) is 10.9. The van der Waals surface area contributed by atoms with Crippen LogP contribution in [-0.4, -0.2) is 33.9 Å². The number of carbonyl (C=O) groups is 1. The summed E-state index contributed by atoms with van der Waals surface area (Å²) in [4.78, 5) is 12.2. The Kier molecular flexibility index (Phi) is 6.93. The van der Waals surface area contributed by atoms with Gasteiger partial charge in [-0.15, -0.1) is 0 Å². The number of hydrogen-bond acceptors (Lipinski definition) is 4. The van der Waals surface area contributed by atoms with Crippen molar-refractivity contribution in [2.24, 2.45) is 0 Å². The van der Waals surface area contributed by atoms with Gasteiger partial charge in [-0.2, -0.15) is 0 Å². The maximum absolute atomic E-state index is 12.2. The summed E-state index contributed by atoms with van der Waals surface area (Å²) in [6.07, 6.45) is 0. The molecule has 2 aromatic rings. The van der Waals surface area contributed by atoms with Crippen LogP contribution in [0.2, 0.25) is 0 Å². The van der Waals surface area contributed by atoms with Crippen molar-refractivity contribution in [2.75, 3.05) is 27.9 Å². The number of hydrogen-bond donors (Lipinski definition) is 2. The molecule has 2 rings (SSSR count). The first-order valence-electron chi connectivity index (χ1n) is 8.76. The molecular weight excluding hydrogens is 344 g/mol. The highest BCUT2D eigenvalue weighted by molar-refractivity contribution is 5.74. The van der Waals surface area contributed by atoms with E-state index >= 15 is 0 Å². The van der Waals surface area contributed by atoms with E-state index in [2.05, 4.69) is 24.5 Å². The Hall–Kier alpha value is -2.89. The second kappa shape index (κ2) is 9.16. The van der Waals surface area contributed by atoms with Gasteiger partial charge in [0.2, 0.25) is 0 Å². The van der Waals surface area contributed by atoms with Crippen molar-refractivity contribution in [3.63, 3.8) is 0 Å². The van der Waals surface area contributed by atoms with Crippen molar-refractivity contribution >= 4 is 6.03 Å². The van der Waals surface area contributed by atoms with Crippen molar-refractivity contribution in [3.8, 4) is 17.2 Å². The third kappa shape index (κ3) is 5.54. The SMILES string of the molecule is COc1ccc(C(C)(C)CNC(=O)NCc2ccc(OC)c(OC)c2)cc1. The van der Waals surface area contributed by atoms with Crippen LogP contribution < -0.4 is 24.8 Å². The summed E-state index contributed by atoms with van der Waals surface area (Å²) >= 11 is 0. The van der Waals surface area contributed by atoms with Gasteiger partial charge in [-0.05, 0) is 35.4 Å². The Labute approximate surface area is 160 Å². The minimum absolute atomic E-state index is 0.201. The predicted octanol–water partition coefficient (Wildman–Crippen LogP) is 3.49. The van der Waals surface area contributed by atoms with Gasteiger partial charge in [0.05, 0.1) is 21.3 Å². The average Bonchev–Trinajstić information content (AvgIpc) is 2.70. The fraction of sp³-hybridized carbons (Fsp3) is 0.381. The first-order chi connectivity index (χ1) is 12.9. The molecule has 0 aliphatic carbocycles. The molecule has 146 valence electrons. The van der Waals surface area contributed by atoms with Crippen molar-refractivity contribution < 1.29 is 19.0 Å². The van der Waals surface area contributed by atoms with E-state index < -0.39 is 0 Å². The van der Waals surface area contributed by atoms with E-state index in [1.807, 2.05) is 42.5 Å². The molecule has 0 radical (unpaired) electrons. The molecular formula is C21H28N2O4. The van der Waals surface area contributed by atoms with Crippen molar-refractivity contribution in [1.29, 1.82) is 0 Å². The molecule has 27 heavy (non-hydrogen) atoms. The van der Waals surface area contributed by atoms with Crippen LogP contribution in [0.5, 0.6) is 17.2 Å². The van der Waals surface area contributed by atoms with Gasteiger partial charge >= 0.3 is 6.03 Å². The number of methoxy groups -OCH3 is 3. The Morgan fingerprint density at radius 2 is 1.56 bits per heavy atom. The van der Waals surface area contributed by atoms with Gasteiger partial charge < -0.3 is 24.8 Å². The molecule has 0 unspecified atom stereocenters. The number of nitrogens with one attached hydrogen (secondary N) is 2. The van der Waals surface area contributed by atoms with Crippen molar-refractivity contribution in [2.45, 2.75) is 25.8 Å². The van der Waals surface area contributed by atoms with E-state index in [1.165, 1.54) is 0 Å². The summed E-state index contributed by atoms with van der Waals surface area (Å²) in [5.74, 6) is 2.11. The molecule has 2 N–H and O–H groups in total. The largest absolute Gasteiger partial charge is 0.497 e. The zero-order valence-corrected chi connectivity index (χ0v) is 16.6. The lowest BCUT2D eigenvalue weighted by Gasteiger charge is -2.26. The minimum atomic E-state index is -0.216. The Balaban J connectivity index is 1.88. The van der Waals surface area contributed by atoms with Gasteiger partial charge in [-0.1, -0.05) is 32.0 Å². The van der Waals surface area contributed by atoms with Crippen LogP contribution in [0.25, 0.3) is 0 Å². The molecule has 0 fully saturated rings. The Morgan fingerprint density at radius 3 is 2.15 bits per heavy atom. The standard InChI is InChI=1S/C21H28N2O4/c1-21(2,16-7-9-17(25-3)10-8-16)14-23-20(24)22-13-15-6-11-18(26-4)19(12-15)27-5/h6-12H,13-14H2,1-5H3,(H2,22,23,24). The number of urea groups is 1. The summed E-state index contributed by atoms with van der Waals surface area (Å²) in [5.41, 5.74) is 1.85. The molecule has 0 saturated heterocycles. The fourth-order valence-electron chi connectivity index (χ4n) is 2.68. The fourth-order valence-corrected chi connectivity index (χ4v) is 2.68. The van der Waals surface area contributed by atoms with Gasteiger partial charge in [0, 0.05) is 18.5 Å². The summed E-state index contributed by atoms with van der Waals surface area (Å²) < 4.78 is 15.7. The van der Waals surface area contributed by atoms with Gasteiger partial charge in [-0.25, -0.2) is 4.79 Å². The quantitative estimate of drug-likeness (QED) is 0.744. The number of carbonyl (C=O) groups excluding carboxylic acids is 1. The molecule has 2 amide bonds. The summed E-state index contributed by atoms with van der Waals surface area (Å²) in [7, 11) is 4.82. The van der Waals surface area contributed by atoms with Crippen LogP contribution >= 0.6 is 0 Å². The number of amides is 2. The second-order valence-electron chi connectivity index (χ2n) is 6.84. The first-order valence-corrected chi connectivity index (χ1v) is 8.76. The van der Waals surface area contributed by atoms with Crippen LogP contribution in [0.4, 0.5) is 4.79 Å². The molecule has 0 aliphatic rings. The minimum Gasteiger partial charge on any atom is -0.497 e. The highest BCUT2D eigenvalue weighted by Crippen LogP contribution is 2.27. The van der Waals surface area contributed by atoms with Crippen LogP contribution in [0.15, 0.2) is 42.5 Å². The van der Waals surface area contributed by atoms with Gasteiger partial charge in [0.15, 0.2) is 11.5 Å². The molecule has 0 bridgehead atoms. The highest BCUT2D eigenvalue weighted by atomic mass is 16.5. The molecule has 6 heteroatoms. The smallest absolute Gasteiger partial charge is 0.315 e. The highest BCUT2D eigenvalue weighted by Gasteiger charge is 2.21. The lowest BCUT2D eigenvalue weighted by molar-refractivity contribution is 0.238. The first kappa shape index (κ1) is 20.4. The number of ether oxygens (including phenoxy) is 3. The molecule has 0 aliphatic heterocycles. The van der Waals surface area contributed by atoms with E-state index in [4.69, 9.17) is 14.2 Å². The van der Waals surface area contributed by atoms with Crippen LogP contribution in [0.1, 0.15) is 25.0 Å². The van der Waals surface area contributed by atoms with E-state index in [0.29, 0.717) is 24.6 Å². The second-order valence-corrected chi connectivity index (χ2v) is 6.84. The molecule has 0 saturated carbocycles. The zero-order valence-electron chi connectivity index (χ0n) is 16.6. The average molecular weight is 372 g/mol. The van der Waals surface area contributed by atoms with Gasteiger partial charge in [0.1, 0.15) is 5.75 Å². The summed E-state index contributed by atoms with van der Waals surface area (Å²) in [6.45, 7) is 5.08. The lowest BCUT2D eigenvalue weighted by atomic mass is 9.84. The van der Waals surface area contributed by atoms with E-state index in [9.17, 15) is 4.79 Å². The van der Waals surface area contributed by atoms with Crippen molar-refractivity contribution in [3.05, 3.63) is 53.6 Å². The van der Waals surface area contributed by atoms with Gasteiger partial charge in [0.25, 0.3) is 0 Å². The molecule has 0 atom stereocenters. The van der Waals surface area contributed by atoms with Crippen molar-refractivity contribution in [1.82, 2.24) is 10.6 Å². The third-order valence-corrected chi connectivity index (χ3v) is 4.46. The summed E-state index contributed by atoms with van der Waals surface area (Å²) in [6, 6.07) is 13.2. The van der Waals surface area contributed by atoms with E-state index in [1.54, 1.807) is 21.3 Å². The number of rotatable bonds is 8. The predicted molar refractivity (Wildman–Crippen MR) is 106 cm³/mol. The maximum atomic E-state index is 12.2. The molecule has 6 nitrogen and oxygen atoms in total. The Morgan fingerprint density at radius 1 is 0.889 bits per heavy atom.